The van der Waals surface area contributed by atoms with Crippen molar-refractivity contribution in [2.45, 2.75) is 56.3 Å². The number of anilines is 1. The summed E-state index contributed by atoms with van der Waals surface area (Å²) in [5, 5.41) is 16.7. The van der Waals surface area contributed by atoms with E-state index >= 15 is 0 Å². The molecule has 0 radical (unpaired) electrons. The number of nitrogens with one attached hydrogen (secondary N) is 3. The molecule has 0 fully saturated rings. The number of rotatable bonds is 11. The molecule has 0 aliphatic carbocycles. The van der Waals surface area contributed by atoms with E-state index in [1.165, 1.54) is 12.1 Å². The second-order valence-corrected chi connectivity index (χ2v) is 13.7. The molecule has 0 bridgehead atoms. The Hall–Kier alpha value is -4.79. The van der Waals surface area contributed by atoms with Crippen molar-refractivity contribution in [3.05, 3.63) is 106 Å². The van der Waals surface area contributed by atoms with Gasteiger partial charge in [-0.1, -0.05) is 30.3 Å². The molecule has 1 atom stereocenters. The molecule has 0 spiro atoms. The molecule has 46 heavy (non-hydrogen) atoms. The molecule has 4 heterocycles. The van der Waals surface area contributed by atoms with Crippen LogP contribution in [0, 0.1) is 0 Å². The van der Waals surface area contributed by atoms with Crippen molar-refractivity contribution in [2.75, 3.05) is 17.8 Å². The first-order valence-corrected chi connectivity index (χ1v) is 16.4. The van der Waals surface area contributed by atoms with Crippen molar-refractivity contribution < 1.29 is 22.8 Å². The minimum absolute atomic E-state index is 0.157. The van der Waals surface area contributed by atoms with Crippen LogP contribution in [0.1, 0.15) is 53.6 Å². The molecule has 6 rings (SSSR count). The van der Waals surface area contributed by atoms with Crippen LogP contribution in [0.25, 0.3) is 11.2 Å². The van der Waals surface area contributed by atoms with E-state index in [1.54, 1.807) is 66.0 Å². The Bertz CT molecular complexity index is 2030. The fourth-order valence-electron chi connectivity index (χ4n) is 5.43. The SMILES string of the molecule is CC(C)(CCn1cnc2cc(C(=O)N3CCc4c(o[nH]c4=O)C3)cnc21)NC[C@H](O)c1cccc(NS(=O)(=O)c2ccccc2)c1. The Morgan fingerprint density at radius 2 is 1.93 bits per heavy atom. The van der Waals surface area contributed by atoms with Gasteiger partial charge in [0.1, 0.15) is 5.52 Å². The third-order valence-electron chi connectivity index (χ3n) is 8.16. The molecule has 240 valence electrons. The Morgan fingerprint density at radius 1 is 1.13 bits per heavy atom. The number of imidazole rings is 1. The summed E-state index contributed by atoms with van der Waals surface area (Å²) in [7, 11) is -3.75. The molecule has 1 aliphatic heterocycles. The van der Waals surface area contributed by atoms with Crippen LogP contribution in [0.3, 0.4) is 0 Å². The molecule has 0 unspecified atom stereocenters. The number of hydrogen-bond donors (Lipinski definition) is 4. The van der Waals surface area contributed by atoms with Crippen LogP contribution in [0.2, 0.25) is 0 Å². The zero-order valence-corrected chi connectivity index (χ0v) is 26.3. The van der Waals surface area contributed by atoms with Gasteiger partial charge in [-0.05, 0) is 62.6 Å². The van der Waals surface area contributed by atoms with Crippen molar-refractivity contribution in [3.8, 4) is 0 Å². The minimum atomic E-state index is -3.75. The predicted octanol–water partition coefficient (Wildman–Crippen LogP) is 3.20. The zero-order chi connectivity index (χ0) is 32.5. The Labute approximate surface area is 265 Å². The van der Waals surface area contributed by atoms with Gasteiger partial charge in [0.15, 0.2) is 11.4 Å². The molecule has 13 nitrogen and oxygen atoms in total. The Kier molecular flexibility index (Phi) is 8.51. The van der Waals surface area contributed by atoms with Gasteiger partial charge in [0.2, 0.25) is 0 Å². The van der Waals surface area contributed by atoms with Crippen molar-refractivity contribution in [3.63, 3.8) is 0 Å². The first-order valence-electron chi connectivity index (χ1n) is 14.9. The number of benzene rings is 2. The lowest BCUT2D eigenvalue weighted by atomic mass is 9.99. The number of aliphatic hydroxyl groups is 1. The van der Waals surface area contributed by atoms with Gasteiger partial charge in [0.05, 0.1) is 35.0 Å². The molecule has 4 N–H and O–H groups in total. The predicted molar refractivity (Wildman–Crippen MR) is 171 cm³/mol. The van der Waals surface area contributed by atoms with Gasteiger partial charge < -0.3 is 24.4 Å². The van der Waals surface area contributed by atoms with E-state index < -0.39 is 16.1 Å². The third kappa shape index (κ3) is 6.73. The van der Waals surface area contributed by atoms with Crippen LogP contribution >= 0.6 is 0 Å². The van der Waals surface area contributed by atoms with Gasteiger partial charge in [-0.15, -0.1) is 0 Å². The number of carbonyl (C=O) groups excluding carboxylic acids is 1. The molecule has 5 aromatic rings. The third-order valence-corrected chi connectivity index (χ3v) is 9.56. The van der Waals surface area contributed by atoms with E-state index in [0.29, 0.717) is 65.2 Å². The van der Waals surface area contributed by atoms with E-state index in [0.717, 1.165) is 0 Å². The molecular weight excluding hydrogens is 610 g/mol. The number of aryl methyl sites for hydroxylation is 1. The average Bonchev–Trinajstić information content (AvgIpc) is 3.64. The maximum absolute atomic E-state index is 13.2. The van der Waals surface area contributed by atoms with Crippen molar-refractivity contribution in [2.24, 2.45) is 0 Å². The van der Waals surface area contributed by atoms with Crippen LogP contribution in [0.15, 0.2) is 87.4 Å². The molecular formula is C32H35N7O6S. The summed E-state index contributed by atoms with van der Waals surface area (Å²) >= 11 is 0. The molecule has 2 aromatic carbocycles. The number of pyridine rings is 1. The molecule has 0 saturated carbocycles. The quantitative estimate of drug-likeness (QED) is 0.168. The number of sulfonamides is 1. The standard InChI is InChI=1S/C32H35N7O6S/c1-32(2,35-18-27(40)21-7-6-8-23(15-21)37-46(43,44)24-9-4-3-5-10-24)12-14-39-20-34-26-16-22(17-33-29(26)39)31(42)38-13-11-25-28(19-38)45-36-30(25)41/h3-10,15-17,20,27,35,37,40H,11-14,18-19H2,1-2H3,(H,36,41)/t27-/m0/s1. The van der Waals surface area contributed by atoms with E-state index in [4.69, 9.17) is 4.52 Å². The highest BCUT2D eigenvalue weighted by atomic mass is 32.2. The molecule has 1 aliphatic rings. The number of aromatic amines is 1. The first-order chi connectivity index (χ1) is 22.0. The van der Waals surface area contributed by atoms with Crippen LogP contribution in [0.4, 0.5) is 5.69 Å². The van der Waals surface area contributed by atoms with E-state index in [2.05, 4.69) is 25.2 Å². The molecule has 0 saturated heterocycles. The maximum atomic E-state index is 13.2. The highest BCUT2D eigenvalue weighted by Crippen LogP contribution is 2.23. The molecule has 1 amide bonds. The number of carbonyl (C=O) groups is 1. The number of hydrogen-bond acceptors (Lipinski definition) is 9. The smallest absolute Gasteiger partial charge is 0.283 e. The number of nitrogens with zero attached hydrogens (tertiary/aromatic N) is 4. The van der Waals surface area contributed by atoms with Gasteiger partial charge in [-0.3, -0.25) is 14.3 Å². The second-order valence-electron chi connectivity index (χ2n) is 12.0. The Balaban J connectivity index is 1.04. The lowest BCUT2D eigenvalue weighted by molar-refractivity contribution is 0.0715. The summed E-state index contributed by atoms with van der Waals surface area (Å²) < 4.78 is 35.1. The fraction of sp³-hybridized carbons (Fsp3) is 0.312. The summed E-state index contributed by atoms with van der Waals surface area (Å²) in [5.41, 5.74) is 2.56. The lowest BCUT2D eigenvalue weighted by Gasteiger charge is -2.28. The summed E-state index contributed by atoms with van der Waals surface area (Å²) in [6, 6.07) is 16.5. The van der Waals surface area contributed by atoms with Crippen molar-refractivity contribution >= 4 is 32.8 Å². The number of H-pyrrole nitrogens is 1. The van der Waals surface area contributed by atoms with E-state index in [-0.39, 0.29) is 35.0 Å². The van der Waals surface area contributed by atoms with Crippen LogP contribution in [0.5, 0.6) is 0 Å². The lowest BCUT2D eigenvalue weighted by Crippen LogP contribution is -2.42. The van der Waals surface area contributed by atoms with Gasteiger partial charge in [0, 0.05) is 37.1 Å². The number of aromatic nitrogens is 4. The minimum Gasteiger partial charge on any atom is -0.387 e. The number of aliphatic hydroxyl groups excluding tert-OH is 1. The van der Waals surface area contributed by atoms with Gasteiger partial charge in [-0.25, -0.2) is 18.4 Å². The average molecular weight is 646 g/mol. The maximum Gasteiger partial charge on any atom is 0.283 e. The summed E-state index contributed by atoms with van der Waals surface area (Å²) in [6.07, 6.45) is 3.48. The van der Waals surface area contributed by atoms with Gasteiger partial charge >= 0.3 is 0 Å². The van der Waals surface area contributed by atoms with Gasteiger partial charge in [-0.2, -0.15) is 5.16 Å². The largest absolute Gasteiger partial charge is 0.387 e. The Morgan fingerprint density at radius 3 is 2.74 bits per heavy atom. The van der Waals surface area contributed by atoms with Crippen LogP contribution in [-0.2, 0) is 29.5 Å². The highest BCUT2D eigenvalue weighted by Gasteiger charge is 2.27. The monoisotopic (exact) mass is 645 g/mol. The number of β-amino-alcohol motifs (C(OH)–C–C–N with tert-alkyl or cyclic N) is 1. The number of fused-ring (bicyclic) bond motifs is 2. The molecule has 3 aromatic heterocycles. The summed E-state index contributed by atoms with van der Waals surface area (Å²) in [6.45, 7) is 5.53. The van der Waals surface area contributed by atoms with Crippen LogP contribution in [-0.4, -0.2) is 62.7 Å². The second kappa shape index (κ2) is 12.5. The summed E-state index contributed by atoms with van der Waals surface area (Å²) in [5.74, 6) is 0.271. The van der Waals surface area contributed by atoms with Crippen molar-refractivity contribution in [1.82, 2.24) is 29.9 Å². The topological polar surface area (TPSA) is 175 Å². The fourth-order valence-corrected chi connectivity index (χ4v) is 6.50. The molecule has 14 heteroatoms. The number of amides is 1. The first kappa shape index (κ1) is 31.2. The van der Waals surface area contributed by atoms with E-state index in [1.807, 2.05) is 18.4 Å². The summed E-state index contributed by atoms with van der Waals surface area (Å²) in [4.78, 5) is 35.7. The van der Waals surface area contributed by atoms with Crippen molar-refractivity contribution in [1.29, 1.82) is 0 Å². The van der Waals surface area contributed by atoms with E-state index in [9.17, 15) is 23.1 Å². The highest BCUT2D eigenvalue weighted by molar-refractivity contribution is 7.92. The van der Waals surface area contributed by atoms with Crippen LogP contribution < -0.4 is 15.6 Å². The van der Waals surface area contributed by atoms with Gasteiger partial charge in [0.25, 0.3) is 21.5 Å². The zero-order valence-electron chi connectivity index (χ0n) is 25.4. The normalized spacial score (nSPS) is 14.3.